The van der Waals surface area contributed by atoms with Crippen molar-refractivity contribution >= 4 is 6.03 Å². The van der Waals surface area contributed by atoms with E-state index in [2.05, 4.69) is 5.32 Å². The zero-order valence-corrected chi connectivity index (χ0v) is 7.48. The van der Waals surface area contributed by atoms with E-state index in [1.54, 1.807) is 11.4 Å². The standard InChI is InChI=1S/C7H10F3N3O/c1-5(2-3-11)13-6(14)12-4-7(8,9)10/h5H,2,4H2,1H3,(H2,12,13,14). The normalized spacial score (nSPS) is 12.8. The number of halogens is 3. The number of nitriles is 1. The first kappa shape index (κ1) is 12.6. The van der Waals surface area contributed by atoms with Gasteiger partial charge in [0.2, 0.25) is 0 Å². The molecular weight excluding hydrogens is 199 g/mol. The fraction of sp³-hybridized carbons (Fsp3) is 0.714. The Hall–Kier alpha value is -1.45. The summed E-state index contributed by atoms with van der Waals surface area (Å²) in [7, 11) is 0. The van der Waals surface area contributed by atoms with Gasteiger partial charge in [-0.3, -0.25) is 0 Å². The molecule has 7 heteroatoms. The third kappa shape index (κ3) is 7.21. The van der Waals surface area contributed by atoms with Crippen LogP contribution in [0.1, 0.15) is 13.3 Å². The van der Waals surface area contributed by atoms with E-state index in [-0.39, 0.29) is 6.42 Å². The summed E-state index contributed by atoms with van der Waals surface area (Å²) in [5, 5.41) is 12.0. The molecule has 0 spiro atoms. The quantitative estimate of drug-likeness (QED) is 0.732. The van der Waals surface area contributed by atoms with E-state index in [0.29, 0.717) is 0 Å². The summed E-state index contributed by atoms with van der Waals surface area (Å²) < 4.78 is 34.8. The summed E-state index contributed by atoms with van der Waals surface area (Å²) in [5.74, 6) is 0. The largest absolute Gasteiger partial charge is 0.405 e. The van der Waals surface area contributed by atoms with Crippen LogP contribution in [0.15, 0.2) is 0 Å². The molecule has 1 atom stereocenters. The van der Waals surface area contributed by atoms with E-state index in [9.17, 15) is 18.0 Å². The van der Waals surface area contributed by atoms with Crippen molar-refractivity contribution in [3.8, 4) is 6.07 Å². The van der Waals surface area contributed by atoms with Crippen LogP contribution >= 0.6 is 0 Å². The predicted molar refractivity (Wildman–Crippen MR) is 42.3 cm³/mol. The maximum atomic E-state index is 11.6. The maximum absolute atomic E-state index is 11.6. The minimum Gasteiger partial charge on any atom is -0.335 e. The summed E-state index contributed by atoms with van der Waals surface area (Å²) in [5.41, 5.74) is 0. The average Bonchev–Trinajstić information content (AvgIpc) is 2.00. The number of carbonyl (C=O) groups is 1. The Morgan fingerprint density at radius 1 is 1.57 bits per heavy atom. The first-order valence-corrected chi connectivity index (χ1v) is 3.83. The van der Waals surface area contributed by atoms with E-state index >= 15 is 0 Å². The molecule has 1 unspecified atom stereocenters. The van der Waals surface area contributed by atoms with Crippen LogP contribution in [0.3, 0.4) is 0 Å². The topological polar surface area (TPSA) is 64.9 Å². The highest BCUT2D eigenvalue weighted by atomic mass is 19.4. The lowest BCUT2D eigenvalue weighted by Crippen LogP contribution is -2.44. The lowest BCUT2D eigenvalue weighted by Gasteiger charge is -2.12. The number of urea groups is 1. The van der Waals surface area contributed by atoms with Gasteiger partial charge in [0.05, 0.1) is 12.5 Å². The Bertz CT molecular complexity index is 233. The van der Waals surface area contributed by atoms with Crippen molar-refractivity contribution in [2.24, 2.45) is 0 Å². The number of alkyl halides is 3. The van der Waals surface area contributed by atoms with E-state index in [1.807, 2.05) is 0 Å². The summed E-state index contributed by atoms with van der Waals surface area (Å²) >= 11 is 0. The van der Waals surface area contributed by atoms with Gasteiger partial charge in [-0.2, -0.15) is 18.4 Å². The van der Waals surface area contributed by atoms with Crippen LogP contribution in [-0.4, -0.2) is 24.8 Å². The van der Waals surface area contributed by atoms with Gasteiger partial charge in [-0.1, -0.05) is 0 Å². The molecule has 2 N–H and O–H groups in total. The fourth-order valence-corrected chi connectivity index (χ4v) is 0.643. The minimum atomic E-state index is -4.42. The molecule has 2 amide bonds. The van der Waals surface area contributed by atoms with Gasteiger partial charge >= 0.3 is 12.2 Å². The molecule has 0 aromatic carbocycles. The first-order valence-electron chi connectivity index (χ1n) is 3.83. The molecule has 0 aromatic rings. The van der Waals surface area contributed by atoms with Gasteiger partial charge < -0.3 is 10.6 Å². The third-order valence-corrected chi connectivity index (χ3v) is 1.22. The van der Waals surface area contributed by atoms with Crippen LogP contribution in [0.5, 0.6) is 0 Å². The van der Waals surface area contributed by atoms with Crippen molar-refractivity contribution < 1.29 is 18.0 Å². The lowest BCUT2D eigenvalue weighted by atomic mass is 10.3. The molecule has 0 fully saturated rings. The molecule has 0 rings (SSSR count). The second kappa shape index (κ2) is 5.32. The number of nitrogens with one attached hydrogen (secondary N) is 2. The van der Waals surface area contributed by atoms with Gasteiger partial charge in [-0.05, 0) is 6.92 Å². The zero-order chi connectivity index (χ0) is 11.2. The van der Waals surface area contributed by atoms with Crippen molar-refractivity contribution in [1.29, 1.82) is 5.26 Å². The molecule has 0 saturated heterocycles. The second-order valence-corrected chi connectivity index (χ2v) is 2.71. The number of amides is 2. The Balaban J connectivity index is 3.72. The lowest BCUT2D eigenvalue weighted by molar-refractivity contribution is -0.122. The highest BCUT2D eigenvalue weighted by Crippen LogP contribution is 2.11. The molecule has 0 aliphatic heterocycles. The maximum Gasteiger partial charge on any atom is 0.405 e. The van der Waals surface area contributed by atoms with Gasteiger partial charge in [0.1, 0.15) is 6.54 Å². The third-order valence-electron chi connectivity index (χ3n) is 1.22. The van der Waals surface area contributed by atoms with Crippen LogP contribution in [0.2, 0.25) is 0 Å². The van der Waals surface area contributed by atoms with Crippen LogP contribution in [-0.2, 0) is 0 Å². The monoisotopic (exact) mass is 209 g/mol. The molecule has 0 bridgehead atoms. The van der Waals surface area contributed by atoms with Gasteiger partial charge in [0.15, 0.2) is 0 Å². The van der Waals surface area contributed by atoms with E-state index < -0.39 is 24.8 Å². The van der Waals surface area contributed by atoms with Gasteiger partial charge in [-0.15, -0.1) is 0 Å². The SMILES string of the molecule is CC(CC#N)NC(=O)NCC(F)(F)F. The summed E-state index contributed by atoms with van der Waals surface area (Å²) in [6.45, 7) is 0.147. The molecule has 0 aliphatic carbocycles. The number of carbonyl (C=O) groups excluding carboxylic acids is 1. The van der Waals surface area contributed by atoms with Crippen LogP contribution in [0, 0.1) is 11.3 Å². The Kier molecular flexibility index (Phi) is 4.77. The zero-order valence-electron chi connectivity index (χ0n) is 7.48. The van der Waals surface area contributed by atoms with E-state index in [4.69, 9.17) is 5.26 Å². The number of hydrogen-bond acceptors (Lipinski definition) is 2. The van der Waals surface area contributed by atoms with Crippen molar-refractivity contribution in [2.75, 3.05) is 6.54 Å². The van der Waals surface area contributed by atoms with E-state index in [1.165, 1.54) is 6.92 Å². The molecule has 0 radical (unpaired) electrons. The molecule has 0 aromatic heterocycles. The van der Waals surface area contributed by atoms with Gasteiger partial charge in [0, 0.05) is 6.04 Å². The van der Waals surface area contributed by atoms with Gasteiger partial charge in [-0.25, -0.2) is 4.79 Å². The summed E-state index contributed by atoms with van der Waals surface area (Å²) in [6.07, 6.45) is -4.37. The molecule has 80 valence electrons. The number of rotatable bonds is 3. The van der Waals surface area contributed by atoms with Gasteiger partial charge in [0.25, 0.3) is 0 Å². The van der Waals surface area contributed by atoms with Crippen LogP contribution < -0.4 is 10.6 Å². The van der Waals surface area contributed by atoms with Crippen molar-refractivity contribution in [2.45, 2.75) is 25.6 Å². The van der Waals surface area contributed by atoms with E-state index in [0.717, 1.165) is 0 Å². The summed E-state index contributed by atoms with van der Waals surface area (Å²) in [4.78, 5) is 10.7. The van der Waals surface area contributed by atoms with Crippen LogP contribution in [0.4, 0.5) is 18.0 Å². The van der Waals surface area contributed by atoms with Crippen molar-refractivity contribution in [1.82, 2.24) is 10.6 Å². The molecule has 0 heterocycles. The fourth-order valence-electron chi connectivity index (χ4n) is 0.643. The Morgan fingerprint density at radius 2 is 2.14 bits per heavy atom. The molecule has 4 nitrogen and oxygen atoms in total. The minimum absolute atomic E-state index is 0.0550. The molecular formula is C7H10F3N3O. The first-order chi connectivity index (χ1) is 6.35. The molecule has 0 aliphatic rings. The second-order valence-electron chi connectivity index (χ2n) is 2.71. The average molecular weight is 209 g/mol. The van der Waals surface area contributed by atoms with Crippen molar-refractivity contribution in [3.05, 3.63) is 0 Å². The smallest absolute Gasteiger partial charge is 0.335 e. The number of hydrogen-bond donors (Lipinski definition) is 2. The Morgan fingerprint density at radius 3 is 2.57 bits per heavy atom. The predicted octanol–water partition coefficient (Wildman–Crippen LogP) is 1.15. The summed E-state index contributed by atoms with van der Waals surface area (Å²) in [6, 6.07) is 0.390. The highest BCUT2D eigenvalue weighted by molar-refractivity contribution is 5.74. The van der Waals surface area contributed by atoms with Crippen LogP contribution in [0.25, 0.3) is 0 Å². The number of nitrogens with zero attached hydrogens (tertiary/aromatic N) is 1. The highest BCUT2D eigenvalue weighted by Gasteiger charge is 2.27. The van der Waals surface area contributed by atoms with Crippen molar-refractivity contribution in [3.63, 3.8) is 0 Å². The molecule has 14 heavy (non-hydrogen) atoms. The molecule has 0 saturated carbocycles. The Labute approximate surface area is 79.1 Å².